The second kappa shape index (κ2) is 11.8. The maximum Gasteiger partial charge on any atom is 0.191 e. The van der Waals surface area contributed by atoms with Gasteiger partial charge in [-0.3, -0.25) is 4.99 Å². The zero-order valence-electron chi connectivity index (χ0n) is 17.2. The Hall–Kier alpha value is -1.53. The van der Waals surface area contributed by atoms with Crippen molar-refractivity contribution < 1.29 is 13.2 Å². The molecule has 0 atom stereocenters. The summed E-state index contributed by atoms with van der Waals surface area (Å²) >= 11 is 1.79. The SMILES string of the molecule is CN=C(NCCOc1ccc(S(C)(=O)=O)cc1)NC1CCN(c2cccs2)CC1.I. The van der Waals surface area contributed by atoms with E-state index < -0.39 is 9.84 Å². The largest absolute Gasteiger partial charge is 0.492 e. The molecule has 1 aliphatic heterocycles. The highest BCUT2D eigenvalue weighted by Crippen LogP contribution is 2.24. The van der Waals surface area contributed by atoms with Gasteiger partial charge in [0.1, 0.15) is 12.4 Å². The molecular weight excluding hydrogens is 535 g/mol. The van der Waals surface area contributed by atoms with Crippen LogP contribution < -0.4 is 20.3 Å². The van der Waals surface area contributed by atoms with Gasteiger partial charge in [-0.25, -0.2) is 8.42 Å². The van der Waals surface area contributed by atoms with Gasteiger partial charge < -0.3 is 20.3 Å². The Bertz CT molecular complexity index is 895. The molecular formula is C20H29IN4O3S2. The minimum absolute atomic E-state index is 0. The molecule has 0 aliphatic carbocycles. The maximum absolute atomic E-state index is 11.5. The quantitative estimate of drug-likeness (QED) is 0.233. The lowest BCUT2D eigenvalue weighted by molar-refractivity contribution is 0.321. The molecule has 1 aromatic carbocycles. The van der Waals surface area contributed by atoms with E-state index in [1.165, 1.54) is 11.3 Å². The molecule has 0 radical (unpaired) electrons. The van der Waals surface area contributed by atoms with Gasteiger partial charge in [-0.1, -0.05) is 0 Å². The van der Waals surface area contributed by atoms with Crippen molar-refractivity contribution in [3.05, 3.63) is 41.8 Å². The molecule has 0 unspecified atom stereocenters. The highest BCUT2D eigenvalue weighted by Gasteiger charge is 2.20. The van der Waals surface area contributed by atoms with Gasteiger partial charge in [-0.2, -0.15) is 0 Å². The van der Waals surface area contributed by atoms with E-state index in [2.05, 4.69) is 38.0 Å². The minimum Gasteiger partial charge on any atom is -0.492 e. The number of benzene rings is 1. The van der Waals surface area contributed by atoms with Crippen LogP contribution in [0.15, 0.2) is 51.7 Å². The van der Waals surface area contributed by atoms with Crippen LogP contribution >= 0.6 is 35.3 Å². The topological polar surface area (TPSA) is 83.0 Å². The maximum atomic E-state index is 11.5. The molecule has 30 heavy (non-hydrogen) atoms. The number of anilines is 1. The van der Waals surface area contributed by atoms with Gasteiger partial charge in [0.15, 0.2) is 15.8 Å². The molecule has 1 aromatic heterocycles. The lowest BCUT2D eigenvalue weighted by Gasteiger charge is -2.33. The number of aliphatic imine (C=N–C) groups is 1. The van der Waals surface area contributed by atoms with E-state index in [1.54, 1.807) is 42.6 Å². The summed E-state index contributed by atoms with van der Waals surface area (Å²) in [6.45, 7) is 3.14. The van der Waals surface area contributed by atoms with E-state index in [-0.39, 0.29) is 28.9 Å². The Labute approximate surface area is 199 Å². The number of thiophene rings is 1. The van der Waals surface area contributed by atoms with E-state index >= 15 is 0 Å². The first kappa shape index (κ1) is 24.7. The first-order chi connectivity index (χ1) is 14.0. The van der Waals surface area contributed by atoms with E-state index in [9.17, 15) is 8.42 Å². The van der Waals surface area contributed by atoms with Crippen molar-refractivity contribution in [1.29, 1.82) is 0 Å². The van der Waals surface area contributed by atoms with Crippen molar-refractivity contribution in [3.63, 3.8) is 0 Å². The van der Waals surface area contributed by atoms with Crippen molar-refractivity contribution in [2.24, 2.45) is 4.99 Å². The van der Waals surface area contributed by atoms with Crippen LogP contribution in [0.3, 0.4) is 0 Å². The van der Waals surface area contributed by atoms with Crippen LogP contribution in [0, 0.1) is 0 Å². The standard InChI is InChI=1S/C20H28N4O3S2.HI/c1-21-20(23-16-9-12-24(13-10-16)19-4-3-15-28-19)22-11-14-27-17-5-7-18(8-6-17)29(2,25)26;/h3-8,15-16H,9-14H2,1-2H3,(H2,21,22,23);1H. The molecule has 7 nitrogen and oxygen atoms in total. The average molecular weight is 565 g/mol. The highest BCUT2D eigenvalue weighted by atomic mass is 127. The number of hydrogen-bond donors (Lipinski definition) is 2. The molecule has 0 bridgehead atoms. The molecule has 0 saturated carbocycles. The van der Waals surface area contributed by atoms with Gasteiger partial charge in [0, 0.05) is 32.4 Å². The van der Waals surface area contributed by atoms with E-state index in [4.69, 9.17) is 4.74 Å². The van der Waals surface area contributed by atoms with Gasteiger partial charge in [0.25, 0.3) is 0 Å². The van der Waals surface area contributed by atoms with Crippen LogP contribution in [0.5, 0.6) is 5.75 Å². The van der Waals surface area contributed by atoms with Gasteiger partial charge in [-0.05, 0) is 54.6 Å². The van der Waals surface area contributed by atoms with E-state index in [0.29, 0.717) is 24.9 Å². The summed E-state index contributed by atoms with van der Waals surface area (Å²) in [7, 11) is -1.42. The number of piperidine rings is 1. The number of nitrogens with zero attached hydrogens (tertiary/aromatic N) is 2. The zero-order valence-corrected chi connectivity index (χ0v) is 21.2. The van der Waals surface area contributed by atoms with Crippen molar-refractivity contribution >= 4 is 56.1 Å². The minimum atomic E-state index is -3.18. The van der Waals surface area contributed by atoms with Crippen LogP contribution in [-0.2, 0) is 9.84 Å². The fourth-order valence-electron chi connectivity index (χ4n) is 3.20. The number of hydrogen-bond acceptors (Lipinski definition) is 6. The monoisotopic (exact) mass is 564 g/mol. The first-order valence-corrected chi connectivity index (χ1v) is 12.4. The summed E-state index contributed by atoms with van der Waals surface area (Å²) < 4.78 is 28.6. The Morgan fingerprint density at radius 3 is 2.50 bits per heavy atom. The number of ether oxygens (including phenoxy) is 1. The Morgan fingerprint density at radius 2 is 1.93 bits per heavy atom. The molecule has 1 aliphatic rings. The molecule has 166 valence electrons. The van der Waals surface area contributed by atoms with E-state index in [0.717, 1.165) is 31.9 Å². The summed E-state index contributed by atoms with van der Waals surface area (Å²) in [5, 5.41) is 10.2. The number of halogens is 1. The fraction of sp³-hybridized carbons (Fsp3) is 0.450. The van der Waals surface area contributed by atoms with Gasteiger partial charge >= 0.3 is 0 Å². The molecule has 10 heteroatoms. The summed E-state index contributed by atoms with van der Waals surface area (Å²) in [5.41, 5.74) is 0. The summed E-state index contributed by atoms with van der Waals surface area (Å²) in [6.07, 6.45) is 3.33. The van der Waals surface area contributed by atoms with Crippen LogP contribution in [0.25, 0.3) is 0 Å². The van der Waals surface area contributed by atoms with Gasteiger partial charge in [0.2, 0.25) is 0 Å². The van der Waals surface area contributed by atoms with Crippen LogP contribution in [0.1, 0.15) is 12.8 Å². The van der Waals surface area contributed by atoms with Crippen molar-refractivity contribution in [3.8, 4) is 5.75 Å². The number of rotatable bonds is 7. The lowest BCUT2D eigenvalue weighted by Crippen LogP contribution is -2.49. The predicted molar refractivity (Wildman–Crippen MR) is 135 cm³/mol. The van der Waals surface area contributed by atoms with Gasteiger partial charge in [0.05, 0.1) is 16.4 Å². The Balaban J connectivity index is 0.00000320. The second-order valence-electron chi connectivity index (χ2n) is 6.95. The molecule has 2 heterocycles. The summed E-state index contributed by atoms with van der Waals surface area (Å²) in [4.78, 5) is 7.02. The highest BCUT2D eigenvalue weighted by molar-refractivity contribution is 14.0. The molecule has 2 aromatic rings. The molecule has 1 saturated heterocycles. The average Bonchev–Trinajstić information content (AvgIpc) is 3.25. The second-order valence-corrected chi connectivity index (χ2v) is 9.89. The number of guanidine groups is 1. The first-order valence-electron chi connectivity index (χ1n) is 9.64. The third kappa shape index (κ3) is 7.31. The number of nitrogens with one attached hydrogen (secondary N) is 2. The molecule has 2 N–H and O–H groups in total. The van der Waals surface area contributed by atoms with E-state index in [1.807, 2.05) is 0 Å². The molecule has 1 fully saturated rings. The predicted octanol–water partition coefficient (Wildman–Crippen LogP) is 2.98. The van der Waals surface area contributed by atoms with Crippen LogP contribution in [0.4, 0.5) is 5.00 Å². The normalized spacial score (nSPS) is 15.4. The number of sulfone groups is 1. The van der Waals surface area contributed by atoms with Crippen molar-refractivity contribution in [1.82, 2.24) is 10.6 Å². The lowest BCUT2D eigenvalue weighted by atomic mass is 10.1. The van der Waals surface area contributed by atoms with Crippen LogP contribution in [0.2, 0.25) is 0 Å². The van der Waals surface area contributed by atoms with Crippen molar-refractivity contribution in [2.45, 2.75) is 23.8 Å². The van der Waals surface area contributed by atoms with Crippen LogP contribution in [-0.4, -0.2) is 60.0 Å². The third-order valence-electron chi connectivity index (χ3n) is 4.79. The summed E-state index contributed by atoms with van der Waals surface area (Å²) in [6, 6.07) is 11.1. The zero-order chi connectivity index (χ0) is 20.7. The van der Waals surface area contributed by atoms with Crippen molar-refractivity contribution in [2.75, 3.05) is 44.4 Å². The molecule has 3 rings (SSSR count). The Morgan fingerprint density at radius 1 is 1.23 bits per heavy atom. The third-order valence-corrected chi connectivity index (χ3v) is 6.85. The molecule has 0 spiro atoms. The Kier molecular flexibility index (Phi) is 9.69. The summed E-state index contributed by atoms with van der Waals surface area (Å²) in [5.74, 6) is 1.42. The smallest absolute Gasteiger partial charge is 0.191 e. The fourth-order valence-corrected chi connectivity index (χ4v) is 4.62. The molecule has 0 amide bonds. The van der Waals surface area contributed by atoms with Gasteiger partial charge in [-0.15, -0.1) is 35.3 Å².